The minimum absolute atomic E-state index is 0.0489. The minimum Gasteiger partial charge on any atom is -0.376 e. The van der Waals surface area contributed by atoms with Crippen LogP contribution in [-0.4, -0.2) is 104 Å². The average Bonchev–Trinajstić information content (AvgIpc) is 3.28. The third-order valence-corrected chi connectivity index (χ3v) is 13.7. The van der Waals surface area contributed by atoms with Crippen molar-refractivity contribution in [3.8, 4) is 11.1 Å². The van der Waals surface area contributed by atoms with Crippen LogP contribution in [0.4, 0.5) is 22.9 Å². The Morgan fingerprint density at radius 3 is 2.41 bits per heavy atom. The van der Waals surface area contributed by atoms with Gasteiger partial charge in [0.05, 0.1) is 21.9 Å². The number of carbonyl (C=O) groups excluding carboxylic acids is 1. The molecule has 1 unspecified atom stereocenters. The molecule has 6 aromatic rings. The molecule has 7 rings (SSSR count). The van der Waals surface area contributed by atoms with Crippen LogP contribution in [0.3, 0.4) is 0 Å². The summed E-state index contributed by atoms with van der Waals surface area (Å²) in [5, 5.41) is 19.9. The SMILES string of the molecule is CN(C)CC(=O)NCCCCC(CSc1ccccc1)Nc1ccc(S(=O)(=O)Nc2ncnc3cc(N4CCN(Cc5ccccc5-c5ccc(Cl)cc5)CC4)ccc23)cc1[N+](=O)[O-]. The summed E-state index contributed by atoms with van der Waals surface area (Å²) in [5.41, 5.74) is 4.95. The molecule has 3 N–H and O–H groups in total. The predicted molar refractivity (Wildman–Crippen MR) is 258 cm³/mol. The van der Waals surface area contributed by atoms with Gasteiger partial charge < -0.3 is 20.4 Å². The van der Waals surface area contributed by atoms with Crippen LogP contribution in [0, 0.1) is 10.1 Å². The molecular weight excluding hydrogens is 870 g/mol. The van der Waals surface area contributed by atoms with E-state index in [0.29, 0.717) is 41.2 Å². The second-order valence-corrected chi connectivity index (χ2v) is 19.2. The largest absolute Gasteiger partial charge is 0.376 e. The van der Waals surface area contributed by atoms with E-state index >= 15 is 0 Å². The summed E-state index contributed by atoms with van der Waals surface area (Å²) in [4.78, 5) is 40.0. The maximum absolute atomic E-state index is 13.8. The third kappa shape index (κ3) is 12.5. The van der Waals surface area contributed by atoms with Crippen LogP contribution in [0.15, 0.2) is 131 Å². The molecular formula is C47H52ClN9O5S2. The van der Waals surface area contributed by atoms with Crippen molar-refractivity contribution >= 4 is 73.1 Å². The first-order valence-electron chi connectivity index (χ1n) is 21.1. The van der Waals surface area contributed by atoms with Crippen LogP contribution >= 0.6 is 23.4 Å². The molecule has 5 aromatic carbocycles. The number of nitrogens with zero attached hydrogens (tertiary/aromatic N) is 6. The molecule has 1 aliphatic rings. The van der Waals surface area contributed by atoms with Gasteiger partial charge in [0.15, 0.2) is 5.82 Å². The summed E-state index contributed by atoms with van der Waals surface area (Å²) in [6.45, 7) is 4.96. The Hall–Kier alpha value is -5.78. The van der Waals surface area contributed by atoms with Crippen molar-refractivity contribution in [2.45, 2.75) is 41.6 Å². The van der Waals surface area contributed by atoms with Crippen molar-refractivity contribution < 1.29 is 18.1 Å². The van der Waals surface area contributed by atoms with E-state index in [0.717, 1.165) is 67.8 Å². The molecule has 0 bridgehead atoms. The van der Waals surface area contributed by atoms with E-state index in [2.05, 4.69) is 59.4 Å². The summed E-state index contributed by atoms with van der Waals surface area (Å²) < 4.78 is 30.3. The van der Waals surface area contributed by atoms with Crippen molar-refractivity contribution in [2.75, 3.05) is 74.1 Å². The zero-order chi connectivity index (χ0) is 45.1. The van der Waals surface area contributed by atoms with Gasteiger partial charge in [-0.05, 0) is 105 Å². The second-order valence-electron chi connectivity index (χ2n) is 15.9. The molecule has 0 saturated carbocycles. The number of rotatable bonds is 20. The lowest BCUT2D eigenvalue weighted by Crippen LogP contribution is -2.46. The number of amides is 1. The number of nitrogens with one attached hydrogen (secondary N) is 3. The predicted octanol–water partition coefficient (Wildman–Crippen LogP) is 8.40. The van der Waals surface area contributed by atoms with Crippen molar-refractivity contribution in [2.24, 2.45) is 0 Å². The number of likely N-dealkylation sites (N-methyl/N-ethyl adjacent to an activating group) is 1. The Bertz CT molecular complexity index is 2650. The smallest absolute Gasteiger partial charge is 0.293 e. The standard InChI is InChI=1S/C47H52ClN9O5S2/c1-54(2)31-46(58)49-23-9-8-11-37(32-63-39-12-4-3-5-13-39)52-43-22-20-40(29-45(43)57(59)60)64(61,62)53-47-42-21-19-38(28-44(42)50-33-51-47)56-26-24-55(25-27-56)30-35-10-6-7-14-41(35)34-15-17-36(48)18-16-34/h3-7,10,12-22,28-29,33,37,52H,8-9,11,23-27,30-32H2,1-2H3,(H,49,58)(H,50,51,53). The third-order valence-electron chi connectivity index (χ3n) is 10.9. The summed E-state index contributed by atoms with van der Waals surface area (Å²) in [5.74, 6) is 0.628. The van der Waals surface area contributed by atoms with Gasteiger partial charge in [-0.25, -0.2) is 18.4 Å². The van der Waals surface area contributed by atoms with Gasteiger partial charge in [-0.1, -0.05) is 66.2 Å². The van der Waals surface area contributed by atoms with Gasteiger partial charge in [-0.2, -0.15) is 0 Å². The van der Waals surface area contributed by atoms with E-state index in [1.54, 1.807) is 22.7 Å². The number of thioether (sulfide) groups is 1. The Kier molecular flexibility index (Phi) is 15.7. The lowest BCUT2D eigenvalue weighted by molar-refractivity contribution is -0.384. The lowest BCUT2D eigenvalue weighted by Gasteiger charge is -2.36. The number of aromatic nitrogens is 2. The van der Waals surface area contributed by atoms with Crippen molar-refractivity contribution in [1.82, 2.24) is 25.1 Å². The summed E-state index contributed by atoms with van der Waals surface area (Å²) in [6, 6.07) is 35.6. The molecule has 1 aliphatic heterocycles. The van der Waals surface area contributed by atoms with Crippen LogP contribution in [0.5, 0.6) is 0 Å². The highest BCUT2D eigenvalue weighted by Gasteiger charge is 2.25. The van der Waals surface area contributed by atoms with Gasteiger partial charge in [0.25, 0.3) is 15.7 Å². The average molecular weight is 923 g/mol. The molecule has 1 fully saturated rings. The van der Waals surface area contributed by atoms with Crippen molar-refractivity contribution in [3.05, 3.63) is 142 Å². The first-order chi connectivity index (χ1) is 30.9. The van der Waals surface area contributed by atoms with Crippen molar-refractivity contribution in [3.63, 3.8) is 0 Å². The molecule has 334 valence electrons. The Morgan fingerprint density at radius 1 is 0.906 bits per heavy atom. The van der Waals surface area contributed by atoms with Gasteiger partial charge in [0.2, 0.25) is 5.91 Å². The number of halogens is 1. The lowest BCUT2D eigenvalue weighted by atomic mass is 9.99. The van der Waals surface area contributed by atoms with E-state index < -0.39 is 14.9 Å². The first kappa shape index (κ1) is 46.2. The van der Waals surface area contributed by atoms with Crippen molar-refractivity contribution in [1.29, 1.82) is 0 Å². The normalized spacial score (nSPS) is 13.8. The van der Waals surface area contributed by atoms with Gasteiger partial charge in [-0.15, -0.1) is 11.8 Å². The number of sulfonamides is 1. The van der Waals surface area contributed by atoms with E-state index in [1.807, 2.05) is 80.8 Å². The van der Waals surface area contributed by atoms with Crippen LogP contribution < -0.4 is 20.3 Å². The molecule has 1 saturated heterocycles. The number of benzene rings is 5. The molecule has 1 aromatic heterocycles. The highest BCUT2D eigenvalue weighted by Crippen LogP contribution is 2.33. The van der Waals surface area contributed by atoms with Crippen LogP contribution in [0.25, 0.3) is 22.0 Å². The fourth-order valence-electron chi connectivity index (χ4n) is 7.65. The van der Waals surface area contributed by atoms with E-state index in [1.165, 1.54) is 29.6 Å². The first-order valence-corrected chi connectivity index (χ1v) is 24.0. The topological polar surface area (TPSA) is 166 Å². The number of nitro benzene ring substituents is 1. The molecule has 64 heavy (non-hydrogen) atoms. The number of hydrogen-bond donors (Lipinski definition) is 3. The monoisotopic (exact) mass is 921 g/mol. The number of unbranched alkanes of at least 4 members (excludes halogenated alkanes) is 1. The van der Waals surface area contributed by atoms with E-state index in [9.17, 15) is 23.3 Å². The molecule has 17 heteroatoms. The molecule has 1 atom stereocenters. The summed E-state index contributed by atoms with van der Waals surface area (Å²) in [6.07, 6.45) is 3.46. The summed E-state index contributed by atoms with van der Waals surface area (Å²) >= 11 is 7.77. The Labute approximate surface area is 383 Å². The van der Waals surface area contributed by atoms with Crippen LogP contribution in [0.1, 0.15) is 24.8 Å². The number of carbonyl (C=O) groups is 1. The Morgan fingerprint density at radius 2 is 1.66 bits per heavy atom. The fourth-order valence-corrected chi connectivity index (χ4v) is 9.82. The fraction of sp³-hybridized carbons (Fsp3) is 0.298. The summed E-state index contributed by atoms with van der Waals surface area (Å²) in [7, 11) is -0.638. The van der Waals surface area contributed by atoms with Gasteiger partial charge in [0, 0.05) is 78.1 Å². The van der Waals surface area contributed by atoms with Crippen LogP contribution in [0.2, 0.25) is 5.02 Å². The van der Waals surface area contributed by atoms with Crippen LogP contribution in [-0.2, 0) is 21.4 Å². The zero-order valence-electron chi connectivity index (χ0n) is 35.8. The maximum atomic E-state index is 13.8. The minimum atomic E-state index is -4.31. The number of hydrogen-bond acceptors (Lipinski definition) is 12. The molecule has 2 heterocycles. The molecule has 0 spiro atoms. The second kappa shape index (κ2) is 21.7. The molecule has 0 aliphatic carbocycles. The quantitative estimate of drug-likeness (QED) is 0.0290. The zero-order valence-corrected chi connectivity index (χ0v) is 38.2. The van der Waals surface area contributed by atoms with Gasteiger partial charge in [0.1, 0.15) is 12.0 Å². The molecule has 14 nitrogen and oxygen atoms in total. The highest BCUT2D eigenvalue weighted by molar-refractivity contribution is 7.99. The van der Waals surface area contributed by atoms with E-state index in [4.69, 9.17) is 11.6 Å². The van der Waals surface area contributed by atoms with E-state index in [-0.39, 0.29) is 34.0 Å². The molecule has 0 radical (unpaired) electrons. The molecule has 1 amide bonds. The number of nitro groups is 1. The Balaban J connectivity index is 1.000. The number of piperazine rings is 1. The van der Waals surface area contributed by atoms with Gasteiger partial charge in [-0.3, -0.25) is 24.5 Å². The number of anilines is 3. The van der Waals surface area contributed by atoms with Gasteiger partial charge >= 0.3 is 0 Å². The highest BCUT2D eigenvalue weighted by atomic mass is 35.5. The number of fused-ring (bicyclic) bond motifs is 1. The maximum Gasteiger partial charge on any atom is 0.293 e.